The van der Waals surface area contributed by atoms with E-state index < -0.39 is 5.78 Å². The van der Waals surface area contributed by atoms with Crippen LogP contribution in [0.3, 0.4) is 0 Å². The maximum Gasteiger partial charge on any atom is 2.00 e. The molecule has 0 amide bonds. The summed E-state index contributed by atoms with van der Waals surface area (Å²) < 4.78 is 5.00. The number of methoxy groups -OCH3 is 1. The average Bonchev–Trinajstić information content (AvgIpc) is 3.29. The van der Waals surface area contributed by atoms with Crippen molar-refractivity contribution in [3.63, 3.8) is 0 Å². The van der Waals surface area contributed by atoms with Crippen molar-refractivity contribution >= 4 is 5.78 Å². The van der Waals surface area contributed by atoms with Gasteiger partial charge in [0.25, 0.3) is 0 Å². The molecular weight excluding hydrogens is 344 g/mol. The van der Waals surface area contributed by atoms with Crippen LogP contribution in [0.2, 0.25) is 0 Å². The second kappa shape index (κ2) is 10.1. The number of ether oxygens (including phenoxy) is 1. The molecule has 0 unspecified atom stereocenters. The summed E-state index contributed by atoms with van der Waals surface area (Å²) in [5, 5.41) is 9.61. The first kappa shape index (κ1) is 19.3. The van der Waals surface area contributed by atoms with Gasteiger partial charge in [0.15, 0.2) is 0 Å². The number of aromatic hydroxyl groups is 1. The standard InChI is InChI=1S/C15H11O3.C5H5.Fe/c1-18-12-7-9-15(17)13(10-12)14(16)8-6-11-4-2-3-5-11;1-2-4-5-3-1;/h2-5,7,9-10,17H,1H3;1-5H;/q2*-1;+2. The van der Waals surface area contributed by atoms with E-state index in [4.69, 9.17) is 4.74 Å². The van der Waals surface area contributed by atoms with E-state index in [1.165, 1.54) is 19.2 Å². The zero-order valence-corrected chi connectivity index (χ0v) is 14.1. The Morgan fingerprint density at radius 2 is 1.88 bits per heavy atom. The molecule has 0 fully saturated rings. The third kappa shape index (κ3) is 5.81. The molecule has 0 bridgehead atoms. The first-order valence-electron chi connectivity index (χ1n) is 7.02. The van der Waals surface area contributed by atoms with Gasteiger partial charge in [-0.05, 0) is 18.2 Å². The third-order valence-corrected chi connectivity index (χ3v) is 2.99. The van der Waals surface area contributed by atoms with Crippen LogP contribution < -0.4 is 4.74 Å². The molecule has 4 heteroatoms. The van der Waals surface area contributed by atoms with Crippen LogP contribution >= 0.6 is 0 Å². The molecule has 0 aromatic heterocycles. The van der Waals surface area contributed by atoms with Gasteiger partial charge < -0.3 is 9.84 Å². The van der Waals surface area contributed by atoms with Crippen LogP contribution in [0.15, 0.2) is 72.8 Å². The Kier molecular flexibility index (Phi) is 8.15. The second-order valence-corrected chi connectivity index (χ2v) is 4.60. The smallest absolute Gasteiger partial charge is 0.507 e. The van der Waals surface area contributed by atoms with E-state index in [0.717, 1.165) is 5.56 Å². The summed E-state index contributed by atoms with van der Waals surface area (Å²) >= 11 is 0. The van der Waals surface area contributed by atoms with Crippen molar-refractivity contribution in [3.8, 4) is 23.3 Å². The van der Waals surface area contributed by atoms with Crippen LogP contribution in [-0.4, -0.2) is 18.0 Å². The molecule has 24 heavy (non-hydrogen) atoms. The third-order valence-electron chi connectivity index (χ3n) is 2.99. The Balaban J connectivity index is 0.000000412. The van der Waals surface area contributed by atoms with Gasteiger partial charge in [-0.2, -0.15) is 42.3 Å². The Hall–Kier alpha value is -2.73. The van der Waals surface area contributed by atoms with Crippen molar-refractivity contribution in [3.05, 3.63) is 83.9 Å². The number of rotatable bonds is 2. The Morgan fingerprint density at radius 1 is 1.12 bits per heavy atom. The molecule has 0 saturated carbocycles. The summed E-state index contributed by atoms with van der Waals surface area (Å²) in [7, 11) is 1.50. The molecule has 0 saturated heterocycles. The van der Waals surface area contributed by atoms with E-state index in [1.54, 1.807) is 6.07 Å². The summed E-state index contributed by atoms with van der Waals surface area (Å²) in [6, 6.07) is 21.8. The second-order valence-electron chi connectivity index (χ2n) is 4.60. The summed E-state index contributed by atoms with van der Waals surface area (Å²) in [5.41, 5.74) is 0.916. The molecule has 122 valence electrons. The fraction of sp³-hybridized carbons (Fsp3) is 0.0500. The Morgan fingerprint density at radius 3 is 2.42 bits per heavy atom. The predicted molar refractivity (Wildman–Crippen MR) is 89.9 cm³/mol. The Labute approximate surface area is 152 Å². The van der Waals surface area contributed by atoms with Crippen LogP contribution in [-0.2, 0) is 17.1 Å². The van der Waals surface area contributed by atoms with Gasteiger partial charge in [-0.1, -0.05) is 5.92 Å². The zero-order valence-electron chi connectivity index (χ0n) is 13.0. The molecular formula is C20H16FeO3. The minimum Gasteiger partial charge on any atom is -0.507 e. The average molecular weight is 360 g/mol. The molecule has 0 aliphatic rings. The topological polar surface area (TPSA) is 46.5 Å². The van der Waals surface area contributed by atoms with Gasteiger partial charge in [0.2, 0.25) is 5.78 Å². The van der Waals surface area contributed by atoms with E-state index in [-0.39, 0.29) is 28.4 Å². The molecule has 3 aromatic rings. The van der Waals surface area contributed by atoms with E-state index in [0.29, 0.717) is 5.75 Å². The minimum atomic E-state index is -0.437. The van der Waals surface area contributed by atoms with Gasteiger partial charge in [-0.25, -0.2) is 12.1 Å². The van der Waals surface area contributed by atoms with Crippen molar-refractivity contribution in [2.45, 2.75) is 0 Å². The van der Waals surface area contributed by atoms with Crippen LogP contribution in [0, 0.1) is 11.8 Å². The zero-order chi connectivity index (χ0) is 16.5. The first-order chi connectivity index (χ1) is 11.2. The van der Waals surface area contributed by atoms with Crippen LogP contribution in [0.4, 0.5) is 0 Å². The number of phenolic OH excluding ortho intramolecular Hbond substituents is 1. The van der Waals surface area contributed by atoms with Gasteiger partial charge in [0, 0.05) is 0 Å². The molecule has 3 rings (SSSR count). The maximum absolute atomic E-state index is 11.8. The summed E-state index contributed by atoms with van der Waals surface area (Å²) in [5.74, 6) is 5.19. The van der Waals surface area contributed by atoms with Crippen LogP contribution in [0.25, 0.3) is 0 Å². The van der Waals surface area contributed by atoms with E-state index in [2.05, 4.69) is 11.8 Å². The van der Waals surface area contributed by atoms with E-state index >= 15 is 0 Å². The minimum absolute atomic E-state index is 0. The Bertz CT molecular complexity index is 774. The SMILES string of the molecule is COc1ccc(O)c(C(=O)C#Cc2ccc[cH-]2)c1.[Fe+2].c1cc[cH-]c1. The van der Waals surface area contributed by atoms with Crippen molar-refractivity contribution in [1.29, 1.82) is 0 Å². The normalized spacial score (nSPS) is 8.71. The molecule has 0 heterocycles. The first-order valence-corrected chi connectivity index (χ1v) is 7.02. The van der Waals surface area contributed by atoms with Gasteiger partial charge >= 0.3 is 17.1 Å². The monoisotopic (exact) mass is 360 g/mol. The van der Waals surface area contributed by atoms with E-state index in [9.17, 15) is 9.90 Å². The molecule has 0 spiro atoms. The number of benzene rings is 1. The van der Waals surface area contributed by atoms with Gasteiger partial charge in [-0.3, -0.25) is 4.79 Å². The number of hydrogen-bond acceptors (Lipinski definition) is 3. The number of phenols is 1. The number of carbonyl (C=O) groups is 1. The van der Waals surface area contributed by atoms with Gasteiger partial charge in [0.05, 0.1) is 12.7 Å². The van der Waals surface area contributed by atoms with Crippen molar-refractivity contribution in [2.75, 3.05) is 7.11 Å². The number of carbonyl (C=O) groups excluding carboxylic acids is 1. The molecule has 0 radical (unpaired) electrons. The van der Waals surface area contributed by atoms with Gasteiger partial charge in [-0.15, -0.1) is 11.6 Å². The van der Waals surface area contributed by atoms with Crippen LogP contribution in [0.1, 0.15) is 15.9 Å². The number of ketones is 1. The van der Waals surface area contributed by atoms with Crippen molar-refractivity contribution in [1.82, 2.24) is 0 Å². The van der Waals surface area contributed by atoms with E-state index in [1.807, 2.05) is 54.6 Å². The quantitative estimate of drug-likeness (QED) is 0.328. The number of hydrogen-bond donors (Lipinski definition) is 1. The van der Waals surface area contributed by atoms with Crippen molar-refractivity contribution in [2.24, 2.45) is 0 Å². The predicted octanol–water partition coefficient (Wildman–Crippen LogP) is 3.76. The largest absolute Gasteiger partial charge is 2.00 e. The summed E-state index contributed by atoms with van der Waals surface area (Å²) in [6.07, 6.45) is 0. The fourth-order valence-corrected chi connectivity index (χ4v) is 1.80. The maximum atomic E-state index is 11.8. The number of Topliss-reactive ketones (excluding diaryl/α,β-unsaturated/α-hetero) is 1. The van der Waals surface area contributed by atoms with Crippen molar-refractivity contribution < 1.29 is 31.7 Å². The molecule has 3 aromatic carbocycles. The molecule has 0 aliphatic carbocycles. The summed E-state index contributed by atoms with van der Waals surface area (Å²) in [6.45, 7) is 0. The van der Waals surface area contributed by atoms with Gasteiger partial charge in [0.1, 0.15) is 11.5 Å². The fourth-order valence-electron chi connectivity index (χ4n) is 1.80. The van der Waals surface area contributed by atoms with Crippen LogP contribution in [0.5, 0.6) is 11.5 Å². The molecule has 0 atom stereocenters. The molecule has 1 N–H and O–H groups in total. The molecule has 0 aliphatic heterocycles. The summed E-state index contributed by atoms with van der Waals surface area (Å²) in [4.78, 5) is 11.8. The molecule has 3 nitrogen and oxygen atoms in total.